The first-order valence-electron chi connectivity index (χ1n) is 8.13. The Morgan fingerprint density at radius 3 is 2.78 bits per heavy atom. The van der Waals surface area contributed by atoms with Gasteiger partial charge in [0.25, 0.3) is 5.56 Å². The van der Waals surface area contributed by atoms with E-state index in [1.165, 1.54) is 0 Å². The Kier molecular flexibility index (Phi) is 3.74. The maximum atomic E-state index is 12.2. The first-order valence-corrected chi connectivity index (χ1v) is 8.13. The van der Waals surface area contributed by atoms with Gasteiger partial charge in [-0.2, -0.15) is 0 Å². The fraction of sp³-hybridized carbons (Fsp3) is 0.562. The minimum atomic E-state index is -0.104. The van der Waals surface area contributed by atoms with Crippen molar-refractivity contribution in [3.63, 3.8) is 0 Å². The normalized spacial score (nSPS) is 26.9. The van der Waals surface area contributed by atoms with E-state index in [9.17, 15) is 9.90 Å². The van der Waals surface area contributed by atoms with E-state index < -0.39 is 0 Å². The Morgan fingerprint density at radius 2 is 2.00 bits per heavy atom. The van der Waals surface area contributed by atoms with Crippen molar-refractivity contribution >= 4 is 0 Å². The minimum absolute atomic E-state index is 0.00851. The predicted molar refractivity (Wildman–Crippen MR) is 84.1 cm³/mol. The van der Waals surface area contributed by atoms with Crippen LogP contribution >= 0.6 is 0 Å². The van der Waals surface area contributed by atoms with E-state index in [1.807, 2.05) is 21.3 Å². The van der Waals surface area contributed by atoms with Crippen molar-refractivity contribution in [2.45, 2.75) is 24.9 Å². The van der Waals surface area contributed by atoms with Crippen LogP contribution in [-0.4, -0.2) is 55.6 Å². The highest BCUT2D eigenvalue weighted by Gasteiger charge is 2.39. The van der Waals surface area contributed by atoms with E-state index in [1.54, 1.807) is 18.7 Å². The lowest BCUT2D eigenvalue weighted by atomic mass is 9.78. The third kappa shape index (κ3) is 2.60. The molecule has 0 unspecified atom stereocenters. The zero-order chi connectivity index (χ0) is 15.8. The van der Waals surface area contributed by atoms with Crippen molar-refractivity contribution in [1.82, 2.24) is 24.2 Å². The van der Waals surface area contributed by atoms with Gasteiger partial charge in [-0.1, -0.05) is 6.07 Å². The third-order valence-electron chi connectivity index (χ3n) is 5.20. The van der Waals surface area contributed by atoms with E-state index in [0.29, 0.717) is 11.8 Å². The number of fused-ring (bicyclic) bond motifs is 4. The van der Waals surface area contributed by atoms with E-state index in [2.05, 4.69) is 15.1 Å². The zero-order valence-corrected chi connectivity index (χ0v) is 13.0. The number of rotatable bonds is 4. The first-order chi connectivity index (χ1) is 11.3. The molecular formula is C16H21N5O2. The summed E-state index contributed by atoms with van der Waals surface area (Å²) in [6, 6.07) is 5.36. The topological polar surface area (TPSA) is 76.2 Å². The monoisotopic (exact) mass is 315 g/mol. The smallest absolute Gasteiger partial charge is 0.251 e. The van der Waals surface area contributed by atoms with Crippen LogP contribution in [0.3, 0.4) is 0 Å². The fourth-order valence-electron chi connectivity index (χ4n) is 4.15. The van der Waals surface area contributed by atoms with Crippen molar-refractivity contribution in [2.75, 3.05) is 26.2 Å². The van der Waals surface area contributed by atoms with Crippen molar-refractivity contribution in [1.29, 1.82) is 0 Å². The predicted octanol–water partition coefficient (Wildman–Crippen LogP) is 0.0925. The van der Waals surface area contributed by atoms with Gasteiger partial charge in [0.05, 0.1) is 12.6 Å². The second kappa shape index (κ2) is 5.90. The number of pyridine rings is 1. The summed E-state index contributed by atoms with van der Waals surface area (Å²) in [5.74, 6) is 0.693. The summed E-state index contributed by atoms with van der Waals surface area (Å²) in [6.07, 6.45) is 4.52. The number of hydrogen-bond donors (Lipinski definition) is 1. The Balaban J connectivity index is 1.57. The van der Waals surface area contributed by atoms with Crippen LogP contribution in [0.2, 0.25) is 0 Å². The molecule has 2 bridgehead atoms. The van der Waals surface area contributed by atoms with Crippen LogP contribution in [0.5, 0.6) is 0 Å². The number of likely N-dealkylation sites (tertiary alicyclic amines) is 1. The van der Waals surface area contributed by atoms with Gasteiger partial charge in [0.15, 0.2) is 0 Å². The molecule has 7 nitrogen and oxygen atoms in total. The van der Waals surface area contributed by atoms with Gasteiger partial charge in [-0.15, -0.1) is 10.2 Å². The maximum absolute atomic E-state index is 12.2. The maximum Gasteiger partial charge on any atom is 0.251 e. The third-order valence-corrected chi connectivity index (χ3v) is 5.20. The lowest BCUT2D eigenvalue weighted by Gasteiger charge is -2.46. The van der Waals surface area contributed by atoms with E-state index in [4.69, 9.17) is 0 Å². The Labute approximate surface area is 134 Å². The van der Waals surface area contributed by atoms with Crippen LogP contribution < -0.4 is 5.56 Å². The van der Waals surface area contributed by atoms with Crippen LogP contribution in [0.4, 0.5) is 0 Å². The molecule has 0 spiro atoms. The molecule has 122 valence electrons. The standard InChI is InChI=1S/C16H21N5O2/c22-9-15-13-6-12(14-2-1-3-16(23)21(14)15)7-19(8-13)4-5-20-10-17-18-11-20/h1-3,10-13,15,22H,4-9H2/t12-,13+,15+/m1/s1. The summed E-state index contributed by atoms with van der Waals surface area (Å²) in [7, 11) is 0. The van der Waals surface area contributed by atoms with Gasteiger partial charge in [0.1, 0.15) is 12.7 Å². The van der Waals surface area contributed by atoms with Gasteiger partial charge in [0, 0.05) is 43.9 Å². The molecule has 0 amide bonds. The second-order valence-corrected chi connectivity index (χ2v) is 6.56. The van der Waals surface area contributed by atoms with Crippen molar-refractivity contribution < 1.29 is 5.11 Å². The molecule has 1 N–H and O–H groups in total. The van der Waals surface area contributed by atoms with Crippen molar-refractivity contribution in [3.05, 3.63) is 46.9 Å². The molecule has 2 aliphatic rings. The van der Waals surface area contributed by atoms with Crippen molar-refractivity contribution in [2.24, 2.45) is 5.92 Å². The molecule has 7 heteroatoms. The number of nitrogens with zero attached hydrogens (tertiary/aromatic N) is 5. The van der Waals surface area contributed by atoms with E-state index in [0.717, 1.165) is 38.3 Å². The van der Waals surface area contributed by atoms with Gasteiger partial charge in [-0.05, 0) is 18.4 Å². The molecule has 0 aliphatic carbocycles. The van der Waals surface area contributed by atoms with Crippen LogP contribution in [0.25, 0.3) is 0 Å². The molecular weight excluding hydrogens is 294 g/mol. The highest BCUT2D eigenvalue weighted by molar-refractivity contribution is 5.19. The Morgan fingerprint density at radius 1 is 1.17 bits per heavy atom. The first kappa shape index (κ1) is 14.6. The number of aromatic nitrogens is 4. The molecule has 1 fully saturated rings. The summed E-state index contributed by atoms with van der Waals surface area (Å²) in [6.45, 7) is 3.69. The van der Waals surface area contributed by atoms with Gasteiger partial charge in [-0.25, -0.2) is 0 Å². The van der Waals surface area contributed by atoms with Crippen LogP contribution in [-0.2, 0) is 6.54 Å². The molecule has 4 heterocycles. The summed E-state index contributed by atoms with van der Waals surface area (Å²) in [4.78, 5) is 14.7. The van der Waals surface area contributed by atoms with Crippen LogP contribution in [0, 0.1) is 5.92 Å². The Bertz CT molecular complexity index is 726. The molecule has 0 aromatic carbocycles. The summed E-state index contributed by atoms with van der Waals surface area (Å²) in [5, 5.41) is 17.5. The van der Waals surface area contributed by atoms with Gasteiger partial charge in [-0.3, -0.25) is 4.79 Å². The molecule has 3 atom stereocenters. The second-order valence-electron chi connectivity index (χ2n) is 6.56. The molecule has 2 aromatic rings. The molecule has 4 rings (SSSR count). The summed E-state index contributed by atoms with van der Waals surface area (Å²) < 4.78 is 3.81. The lowest BCUT2D eigenvalue weighted by molar-refractivity contribution is 0.0601. The largest absolute Gasteiger partial charge is 0.394 e. The fourth-order valence-corrected chi connectivity index (χ4v) is 4.15. The molecule has 1 saturated heterocycles. The highest BCUT2D eigenvalue weighted by Crippen LogP contribution is 2.40. The zero-order valence-electron chi connectivity index (χ0n) is 13.0. The van der Waals surface area contributed by atoms with Gasteiger partial charge < -0.3 is 19.1 Å². The van der Waals surface area contributed by atoms with E-state index in [-0.39, 0.29) is 18.2 Å². The highest BCUT2D eigenvalue weighted by atomic mass is 16.3. The molecule has 23 heavy (non-hydrogen) atoms. The van der Waals surface area contributed by atoms with Crippen LogP contribution in [0.1, 0.15) is 24.1 Å². The molecule has 0 saturated carbocycles. The number of aliphatic hydroxyl groups excluding tert-OH is 1. The molecule has 2 aromatic heterocycles. The van der Waals surface area contributed by atoms with E-state index >= 15 is 0 Å². The lowest BCUT2D eigenvalue weighted by Crippen LogP contribution is -2.50. The Hall–Kier alpha value is -1.99. The number of hydrogen-bond acceptors (Lipinski definition) is 5. The average molecular weight is 315 g/mol. The van der Waals surface area contributed by atoms with Crippen molar-refractivity contribution in [3.8, 4) is 0 Å². The quantitative estimate of drug-likeness (QED) is 0.865. The molecule has 2 aliphatic heterocycles. The SMILES string of the molecule is O=c1cccc2n1[C@@H](CO)[C@H]1C[C@@H]2CN(CCn2cnnc2)C1. The number of aliphatic hydroxyl groups is 1. The van der Waals surface area contributed by atoms with Gasteiger partial charge in [0.2, 0.25) is 0 Å². The summed E-state index contributed by atoms with van der Waals surface area (Å²) >= 11 is 0. The van der Waals surface area contributed by atoms with Crippen LogP contribution in [0.15, 0.2) is 35.6 Å². The number of piperidine rings is 1. The summed E-state index contributed by atoms with van der Waals surface area (Å²) in [5.41, 5.74) is 1.08. The average Bonchev–Trinajstić information content (AvgIpc) is 3.08. The minimum Gasteiger partial charge on any atom is -0.394 e. The molecule has 0 radical (unpaired) electrons. The van der Waals surface area contributed by atoms with Gasteiger partial charge >= 0.3 is 0 Å².